The molecule has 8 nitrogen and oxygen atoms in total. The average molecular weight is 382 g/mol. The quantitative estimate of drug-likeness (QED) is 0.679. The Labute approximate surface area is 154 Å². The highest BCUT2D eigenvalue weighted by atomic mass is 32.2. The number of benzene rings is 1. The van der Waals surface area contributed by atoms with E-state index in [4.69, 9.17) is 4.74 Å². The van der Waals surface area contributed by atoms with Gasteiger partial charge in [0.15, 0.2) is 0 Å². The molecular formula is C17H26N4O4S. The minimum atomic E-state index is -3.57. The van der Waals surface area contributed by atoms with Crippen molar-refractivity contribution in [3.8, 4) is 0 Å². The van der Waals surface area contributed by atoms with Gasteiger partial charge in [-0.25, -0.2) is 13.1 Å². The Balaban J connectivity index is 1.55. The van der Waals surface area contributed by atoms with E-state index < -0.39 is 10.0 Å². The van der Waals surface area contributed by atoms with Crippen LogP contribution in [0.1, 0.15) is 10.4 Å². The summed E-state index contributed by atoms with van der Waals surface area (Å²) in [6.45, 7) is 6.99. The summed E-state index contributed by atoms with van der Waals surface area (Å²) in [6, 6.07) is 6.12. The van der Waals surface area contributed by atoms with Crippen LogP contribution in [0.15, 0.2) is 29.2 Å². The molecule has 2 aliphatic rings. The molecule has 26 heavy (non-hydrogen) atoms. The van der Waals surface area contributed by atoms with Crippen molar-refractivity contribution >= 4 is 15.9 Å². The SMILES string of the molecule is O=C(c1ccc(S(=O)(=O)NCCN2CCNCC2)cc1)N1CCOCC1. The smallest absolute Gasteiger partial charge is 0.254 e. The van der Waals surface area contributed by atoms with E-state index >= 15 is 0 Å². The number of carbonyl (C=O) groups excluding carboxylic acids is 1. The molecule has 0 aromatic heterocycles. The Morgan fingerprint density at radius 1 is 1.08 bits per heavy atom. The molecule has 1 aromatic rings. The maximum atomic E-state index is 12.4. The Morgan fingerprint density at radius 3 is 2.38 bits per heavy atom. The molecule has 0 unspecified atom stereocenters. The number of hydrogen-bond acceptors (Lipinski definition) is 6. The first-order valence-electron chi connectivity index (χ1n) is 8.96. The number of morpholine rings is 1. The monoisotopic (exact) mass is 382 g/mol. The van der Waals surface area contributed by atoms with Gasteiger partial charge in [0.1, 0.15) is 0 Å². The predicted molar refractivity (Wildman–Crippen MR) is 97.7 cm³/mol. The Kier molecular flexibility index (Phi) is 6.60. The first kappa shape index (κ1) is 19.2. The molecule has 2 aliphatic heterocycles. The van der Waals surface area contributed by atoms with Crippen molar-refractivity contribution in [3.63, 3.8) is 0 Å². The number of nitrogens with zero attached hydrogens (tertiary/aromatic N) is 2. The highest BCUT2D eigenvalue weighted by Crippen LogP contribution is 2.13. The van der Waals surface area contributed by atoms with E-state index in [2.05, 4.69) is 14.9 Å². The molecule has 0 atom stereocenters. The van der Waals surface area contributed by atoms with Crippen molar-refractivity contribution in [1.82, 2.24) is 19.8 Å². The number of nitrogens with one attached hydrogen (secondary N) is 2. The van der Waals surface area contributed by atoms with Crippen LogP contribution in [0.4, 0.5) is 0 Å². The second-order valence-corrected chi connectivity index (χ2v) is 8.19. The predicted octanol–water partition coefficient (Wildman–Crippen LogP) is -0.657. The molecule has 0 radical (unpaired) electrons. The zero-order valence-corrected chi connectivity index (χ0v) is 15.6. The average Bonchev–Trinajstić information content (AvgIpc) is 2.69. The van der Waals surface area contributed by atoms with Gasteiger partial charge in [-0.2, -0.15) is 0 Å². The molecule has 2 saturated heterocycles. The topological polar surface area (TPSA) is 91.0 Å². The summed E-state index contributed by atoms with van der Waals surface area (Å²) in [5, 5.41) is 3.27. The van der Waals surface area contributed by atoms with Crippen molar-refractivity contribution in [1.29, 1.82) is 0 Å². The molecule has 3 rings (SSSR count). The van der Waals surface area contributed by atoms with Crippen molar-refractivity contribution in [3.05, 3.63) is 29.8 Å². The lowest BCUT2D eigenvalue weighted by atomic mass is 10.2. The lowest BCUT2D eigenvalue weighted by molar-refractivity contribution is 0.0303. The Hall–Kier alpha value is -1.52. The maximum Gasteiger partial charge on any atom is 0.254 e. The highest BCUT2D eigenvalue weighted by Gasteiger charge is 2.20. The van der Waals surface area contributed by atoms with Crippen LogP contribution >= 0.6 is 0 Å². The van der Waals surface area contributed by atoms with E-state index in [1.807, 2.05) is 0 Å². The van der Waals surface area contributed by atoms with Crippen molar-refractivity contribution < 1.29 is 17.9 Å². The molecule has 0 bridgehead atoms. The molecule has 0 aliphatic carbocycles. The number of ether oxygens (including phenoxy) is 1. The zero-order valence-electron chi connectivity index (χ0n) is 14.8. The van der Waals surface area contributed by atoms with Crippen LogP contribution in [0.5, 0.6) is 0 Å². The van der Waals surface area contributed by atoms with Crippen LogP contribution in [0.3, 0.4) is 0 Å². The van der Waals surface area contributed by atoms with Gasteiger partial charge in [0.25, 0.3) is 5.91 Å². The van der Waals surface area contributed by atoms with E-state index in [0.717, 1.165) is 26.2 Å². The number of carbonyl (C=O) groups is 1. The Bertz CT molecular complexity index is 696. The van der Waals surface area contributed by atoms with Gasteiger partial charge in [-0.1, -0.05) is 0 Å². The number of sulfonamides is 1. The van der Waals surface area contributed by atoms with Crippen LogP contribution in [-0.2, 0) is 14.8 Å². The highest BCUT2D eigenvalue weighted by molar-refractivity contribution is 7.89. The largest absolute Gasteiger partial charge is 0.378 e. The van der Waals surface area contributed by atoms with Gasteiger partial charge in [0.2, 0.25) is 10.0 Å². The standard InChI is InChI=1S/C17H26N4O4S/c22-17(21-11-13-25-14-12-21)15-1-3-16(4-2-15)26(23,24)19-7-10-20-8-5-18-6-9-20/h1-4,18-19H,5-14H2. The maximum absolute atomic E-state index is 12.4. The van der Waals surface area contributed by atoms with E-state index in [9.17, 15) is 13.2 Å². The molecular weight excluding hydrogens is 356 g/mol. The summed E-state index contributed by atoms with van der Waals surface area (Å²) in [5.74, 6) is -0.0936. The molecule has 9 heteroatoms. The van der Waals surface area contributed by atoms with Crippen LogP contribution in [-0.4, -0.2) is 89.7 Å². The first-order valence-corrected chi connectivity index (χ1v) is 10.4. The summed E-state index contributed by atoms with van der Waals surface area (Å²) in [7, 11) is -3.57. The van der Waals surface area contributed by atoms with Gasteiger partial charge in [-0.05, 0) is 24.3 Å². The second-order valence-electron chi connectivity index (χ2n) is 6.42. The third kappa shape index (κ3) is 5.01. The van der Waals surface area contributed by atoms with Crippen molar-refractivity contribution in [2.24, 2.45) is 0 Å². The number of amides is 1. The molecule has 0 spiro atoms. The molecule has 1 aromatic carbocycles. The summed E-state index contributed by atoms with van der Waals surface area (Å²) < 4.78 is 32.7. The summed E-state index contributed by atoms with van der Waals surface area (Å²) in [6.07, 6.45) is 0. The fraction of sp³-hybridized carbons (Fsp3) is 0.588. The normalized spacial score (nSPS) is 19.5. The zero-order chi connectivity index (χ0) is 18.4. The lowest BCUT2D eigenvalue weighted by Gasteiger charge is -2.27. The molecule has 2 N–H and O–H groups in total. The van der Waals surface area contributed by atoms with Crippen molar-refractivity contribution in [2.75, 3.05) is 65.6 Å². The van der Waals surface area contributed by atoms with Gasteiger partial charge < -0.3 is 15.0 Å². The molecule has 0 saturated carbocycles. The lowest BCUT2D eigenvalue weighted by Crippen LogP contribution is -2.46. The molecule has 1 amide bonds. The summed E-state index contributed by atoms with van der Waals surface area (Å²) >= 11 is 0. The number of hydrogen-bond donors (Lipinski definition) is 2. The summed E-state index contributed by atoms with van der Waals surface area (Å²) in [5.41, 5.74) is 0.492. The van der Waals surface area contributed by atoms with Crippen LogP contribution in [0.25, 0.3) is 0 Å². The minimum absolute atomic E-state index is 0.0936. The van der Waals surface area contributed by atoms with Gasteiger partial charge in [-0.3, -0.25) is 9.69 Å². The summed E-state index contributed by atoms with van der Waals surface area (Å²) in [4.78, 5) is 16.5. The fourth-order valence-electron chi connectivity index (χ4n) is 3.08. The fourth-order valence-corrected chi connectivity index (χ4v) is 4.10. The van der Waals surface area contributed by atoms with Crippen LogP contribution in [0, 0.1) is 0 Å². The molecule has 2 heterocycles. The minimum Gasteiger partial charge on any atom is -0.378 e. The van der Waals surface area contributed by atoms with E-state index in [1.165, 1.54) is 12.1 Å². The van der Waals surface area contributed by atoms with Crippen LogP contribution < -0.4 is 10.0 Å². The first-order chi connectivity index (χ1) is 12.6. The van der Waals surface area contributed by atoms with E-state index in [1.54, 1.807) is 17.0 Å². The third-order valence-electron chi connectivity index (χ3n) is 4.64. The van der Waals surface area contributed by atoms with Gasteiger partial charge in [0, 0.05) is 57.9 Å². The third-order valence-corrected chi connectivity index (χ3v) is 6.12. The van der Waals surface area contributed by atoms with Crippen molar-refractivity contribution in [2.45, 2.75) is 4.90 Å². The second kappa shape index (κ2) is 8.92. The van der Waals surface area contributed by atoms with Crippen LogP contribution in [0.2, 0.25) is 0 Å². The van der Waals surface area contributed by atoms with E-state index in [-0.39, 0.29) is 10.8 Å². The molecule has 2 fully saturated rings. The van der Waals surface area contributed by atoms with Gasteiger partial charge >= 0.3 is 0 Å². The number of piperazine rings is 1. The van der Waals surface area contributed by atoms with E-state index in [0.29, 0.717) is 45.0 Å². The number of rotatable bonds is 6. The van der Waals surface area contributed by atoms with Gasteiger partial charge in [-0.15, -0.1) is 0 Å². The molecule has 144 valence electrons. The Morgan fingerprint density at radius 2 is 1.73 bits per heavy atom. The van der Waals surface area contributed by atoms with Gasteiger partial charge in [0.05, 0.1) is 18.1 Å².